The van der Waals surface area contributed by atoms with Crippen LogP contribution in [0.15, 0.2) is 24.4 Å². The summed E-state index contributed by atoms with van der Waals surface area (Å²) in [6.45, 7) is 4.92. The van der Waals surface area contributed by atoms with Crippen molar-refractivity contribution in [3.63, 3.8) is 0 Å². The van der Waals surface area contributed by atoms with Gasteiger partial charge in [-0.25, -0.2) is 13.8 Å². The minimum absolute atomic E-state index is 0.401. The fraction of sp³-hybridized carbons (Fsp3) is 0.357. The van der Waals surface area contributed by atoms with Crippen molar-refractivity contribution in [2.45, 2.75) is 32.9 Å². The number of hydrogen-bond donors (Lipinski definition) is 1. The molecule has 0 saturated carbocycles. The zero-order chi connectivity index (χ0) is 13.8. The first-order valence-electron chi connectivity index (χ1n) is 6.15. The van der Waals surface area contributed by atoms with Gasteiger partial charge in [0.1, 0.15) is 11.6 Å². The Hall–Kier alpha value is -1.33. The van der Waals surface area contributed by atoms with Gasteiger partial charge in [-0.2, -0.15) is 0 Å². The Bertz CT molecular complexity index is 552. The van der Waals surface area contributed by atoms with Gasteiger partial charge >= 0.3 is 0 Å². The monoisotopic (exact) mass is 282 g/mol. The van der Waals surface area contributed by atoms with Crippen molar-refractivity contribution < 1.29 is 8.78 Å². The van der Waals surface area contributed by atoms with E-state index < -0.39 is 11.6 Å². The third-order valence-corrected chi connectivity index (χ3v) is 3.64. The van der Waals surface area contributed by atoms with Crippen molar-refractivity contribution in [1.29, 1.82) is 0 Å². The van der Waals surface area contributed by atoms with Gasteiger partial charge in [-0.3, -0.25) is 0 Å². The molecule has 1 heterocycles. The van der Waals surface area contributed by atoms with Gasteiger partial charge in [0.2, 0.25) is 0 Å². The lowest BCUT2D eigenvalue weighted by Gasteiger charge is -2.04. The maximum Gasteiger partial charge on any atom is 0.129 e. The first kappa shape index (κ1) is 14.1. The van der Waals surface area contributed by atoms with Gasteiger partial charge in [-0.05, 0) is 11.6 Å². The predicted octanol–water partition coefficient (Wildman–Crippen LogP) is 3.51. The summed E-state index contributed by atoms with van der Waals surface area (Å²) in [6, 6.07) is 4.07. The molecule has 2 aromatic rings. The SMILES string of the molecule is CC(C)NCc1cnc(Cc2ccc(F)cc2F)s1. The fourth-order valence-corrected chi connectivity index (χ4v) is 2.54. The number of thiazole rings is 1. The molecule has 102 valence electrons. The van der Waals surface area contributed by atoms with Gasteiger partial charge in [-0.15, -0.1) is 11.3 Å². The van der Waals surface area contributed by atoms with Crippen molar-refractivity contribution in [3.05, 3.63) is 51.5 Å². The summed E-state index contributed by atoms with van der Waals surface area (Å²) < 4.78 is 26.3. The molecule has 0 spiro atoms. The smallest absolute Gasteiger partial charge is 0.129 e. The molecule has 0 atom stereocenters. The van der Waals surface area contributed by atoms with Crippen LogP contribution < -0.4 is 5.32 Å². The molecule has 2 rings (SSSR count). The standard InChI is InChI=1S/C14H16F2N2S/c1-9(2)17-7-12-8-18-14(19-12)5-10-3-4-11(15)6-13(10)16/h3-4,6,8-9,17H,5,7H2,1-2H3. The molecular weight excluding hydrogens is 266 g/mol. The topological polar surface area (TPSA) is 24.9 Å². The summed E-state index contributed by atoms with van der Waals surface area (Å²) in [5.74, 6) is -1.07. The van der Waals surface area contributed by atoms with Crippen LogP contribution in [0.25, 0.3) is 0 Å². The van der Waals surface area contributed by atoms with Crippen molar-refractivity contribution in [3.8, 4) is 0 Å². The van der Waals surface area contributed by atoms with Crippen LogP contribution in [0.5, 0.6) is 0 Å². The number of benzene rings is 1. The van der Waals surface area contributed by atoms with E-state index >= 15 is 0 Å². The van der Waals surface area contributed by atoms with Crippen molar-refractivity contribution in [2.24, 2.45) is 0 Å². The van der Waals surface area contributed by atoms with E-state index in [0.717, 1.165) is 22.5 Å². The molecule has 1 N–H and O–H groups in total. The Morgan fingerprint density at radius 1 is 1.32 bits per heavy atom. The summed E-state index contributed by atoms with van der Waals surface area (Å²) in [4.78, 5) is 5.39. The second-order valence-electron chi connectivity index (χ2n) is 4.67. The molecule has 19 heavy (non-hydrogen) atoms. The Morgan fingerprint density at radius 3 is 2.79 bits per heavy atom. The molecule has 2 nitrogen and oxygen atoms in total. The van der Waals surface area contributed by atoms with Crippen LogP contribution in [-0.4, -0.2) is 11.0 Å². The largest absolute Gasteiger partial charge is 0.310 e. The molecule has 0 amide bonds. The van der Waals surface area contributed by atoms with E-state index in [2.05, 4.69) is 24.1 Å². The van der Waals surface area contributed by atoms with Crippen LogP contribution in [0, 0.1) is 11.6 Å². The number of halogens is 2. The summed E-state index contributed by atoms with van der Waals surface area (Å²) in [7, 11) is 0. The number of nitrogens with zero attached hydrogens (tertiary/aromatic N) is 1. The van der Waals surface area contributed by atoms with Gasteiger partial charge in [0.15, 0.2) is 0 Å². The van der Waals surface area contributed by atoms with Crippen LogP contribution in [-0.2, 0) is 13.0 Å². The van der Waals surface area contributed by atoms with Gasteiger partial charge in [0.25, 0.3) is 0 Å². The third kappa shape index (κ3) is 4.08. The Balaban J connectivity index is 2.03. The highest BCUT2D eigenvalue weighted by molar-refractivity contribution is 7.11. The van der Waals surface area contributed by atoms with Crippen LogP contribution in [0.3, 0.4) is 0 Å². The zero-order valence-electron chi connectivity index (χ0n) is 10.9. The number of nitrogens with one attached hydrogen (secondary N) is 1. The lowest BCUT2D eigenvalue weighted by Crippen LogP contribution is -2.21. The molecule has 0 saturated heterocycles. The van der Waals surface area contributed by atoms with E-state index in [-0.39, 0.29) is 0 Å². The van der Waals surface area contributed by atoms with E-state index in [4.69, 9.17) is 0 Å². The van der Waals surface area contributed by atoms with Crippen LogP contribution in [0.1, 0.15) is 29.3 Å². The maximum absolute atomic E-state index is 13.5. The Morgan fingerprint density at radius 2 is 2.11 bits per heavy atom. The molecule has 0 fully saturated rings. The lowest BCUT2D eigenvalue weighted by atomic mass is 10.1. The highest BCUT2D eigenvalue weighted by Crippen LogP contribution is 2.19. The minimum atomic E-state index is -0.554. The van der Waals surface area contributed by atoms with Crippen LogP contribution >= 0.6 is 11.3 Å². The van der Waals surface area contributed by atoms with Gasteiger partial charge < -0.3 is 5.32 Å². The zero-order valence-corrected chi connectivity index (χ0v) is 11.7. The molecule has 0 radical (unpaired) electrons. The predicted molar refractivity (Wildman–Crippen MR) is 73.3 cm³/mol. The van der Waals surface area contributed by atoms with E-state index in [0.29, 0.717) is 18.0 Å². The molecule has 5 heteroatoms. The number of hydrogen-bond acceptors (Lipinski definition) is 3. The van der Waals surface area contributed by atoms with E-state index in [9.17, 15) is 8.78 Å². The van der Waals surface area contributed by atoms with Crippen molar-refractivity contribution >= 4 is 11.3 Å². The normalized spacial score (nSPS) is 11.2. The number of rotatable bonds is 5. The molecule has 0 unspecified atom stereocenters. The summed E-state index contributed by atoms with van der Waals surface area (Å²) >= 11 is 1.55. The molecule has 0 aliphatic heterocycles. The van der Waals surface area contributed by atoms with Crippen LogP contribution in [0.2, 0.25) is 0 Å². The number of aromatic nitrogens is 1. The Labute approximate surface area is 115 Å². The highest BCUT2D eigenvalue weighted by atomic mass is 32.1. The van der Waals surface area contributed by atoms with E-state index in [1.54, 1.807) is 17.5 Å². The first-order valence-corrected chi connectivity index (χ1v) is 6.97. The van der Waals surface area contributed by atoms with Gasteiger partial charge in [0, 0.05) is 36.1 Å². The molecule has 0 aliphatic carbocycles. The van der Waals surface area contributed by atoms with Gasteiger partial charge in [-0.1, -0.05) is 19.9 Å². The summed E-state index contributed by atoms with van der Waals surface area (Å²) in [5.41, 5.74) is 0.471. The average molecular weight is 282 g/mol. The molecule has 0 bridgehead atoms. The molecule has 1 aromatic carbocycles. The quantitative estimate of drug-likeness (QED) is 0.907. The average Bonchev–Trinajstić information content (AvgIpc) is 2.78. The first-order chi connectivity index (χ1) is 9.04. The maximum atomic E-state index is 13.5. The molecular formula is C14H16F2N2S. The third-order valence-electron chi connectivity index (χ3n) is 2.64. The van der Waals surface area contributed by atoms with Gasteiger partial charge in [0.05, 0.1) is 5.01 Å². The lowest BCUT2D eigenvalue weighted by molar-refractivity contribution is 0.574. The highest BCUT2D eigenvalue weighted by Gasteiger charge is 2.08. The van der Waals surface area contributed by atoms with Crippen LogP contribution in [0.4, 0.5) is 8.78 Å². The second kappa shape index (κ2) is 6.21. The van der Waals surface area contributed by atoms with E-state index in [1.807, 2.05) is 0 Å². The van der Waals surface area contributed by atoms with Crippen molar-refractivity contribution in [1.82, 2.24) is 10.3 Å². The summed E-state index contributed by atoms with van der Waals surface area (Å²) in [5, 5.41) is 4.14. The minimum Gasteiger partial charge on any atom is -0.310 e. The second-order valence-corrected chi connectivity index (χ2v) is 5.87. The van der Waals surface area contributed by atoms with E-state index in [1.165, 1.54) is 12.1 Å². The molecule has 1 aromatic heterocycles. The Kier molecular flexibility index (Phi) is 4.61. The summed E-state index contributed by atoms with van der Waals surface area (Å²) in [6.07, 6.45) is 2.20. The van der Waals surface area contributed by atoms with Crippen molar-refractivity contribution in [2.75, 3.05) is 0 Å². The molecule has 0 aliphatic rings. The fourth-order valence-electron chi connectivity index (χ4n) is 1.64.